The Labute approximate surface area is 166 Å². The second-order valence-electron chi connectivity index (χ2n) is 5.76. The fourth-order valence-corrected chi connectivity index (χ4v) is 3.41. The maximum absolute atomic E-state index is 12.2. The first kappa shape index (κ1) is 21.3. The Morgan fingerprint density at radius 3 is 2.54 bits per heavy atom. The predicted octanol–water partition coefficient (Wildman–Crippen LogP) is 2.55. The Morgan fingerprint density at radius 1 is 1.25 bits per heavy atom. The van der Waals surface area contributed by atoms with Gasteiger partial charge in [0.25, 0.3) is 11.6 Å². The highest BCUT2D eigenvalue weighted by molar-refractivity contribution is 7.92. The zero-order valence-corrected chi connectivity index (χ0v) is 16.6. The van der Waals surface area contributed by atoms with Gasteiger partial charge in [-0.25, -0.2) is 13.8 Å². The first-order valence-corrected chi connectivity index (χ1v) is 10.1. The lowest BCUT2D eigenvalue weighted by Gasteiger charge is -2.22. The van der Waals surface area contributed by atoms with E-state index in [2.05, 4.69) is 10.5 Å². The van der Waals surface area contributed by atoms with Gasteiger partial charge in [-0.1, -0.05) is 35.9 Å². The van der Waals surface area contributed by atoms with E-state index in [1.165, 1.54) is 30.3 Å². The molecule has 28 heavy (non-hydrogen) atoms. The zero-order valence-electron chi connectivity index (χ0n) is 15.0. The van der Waals surface area contributed by atoms with Crippen LogP contribution in [0.15, 0.2) is 53.6 Å². The van der Waals surface area contributed by atoms with Crippen molar-refractivity contribution in [3.63, 3.8) is 0 Å². The van der Waals surface area contributed by atoms with Gasteiger partial charge >= 0.3 is 0 Å². The molecule has 0 unspecified atom stereocenters. The fourth-order valence-electron chi connectivity index (χ4n) is 2.26. The second-order valence-corrected chi connectivity index (χ2v) is 8.07. The number of carbonyl (C=O) groups excluding carboxylic acids is 1. The number of hydrazone groups is 1. The average Bonchev–Trinajstić information content (AvgIpc) is 2.64. The third kappa shape index (κ3) is 5.51. The van der Waals surface area contributed by atoms with Crippen LogP contribution in [0.2, 0.25) is 5.02 Å². The van der Waals surface area contributed by atoms with E-state index in [4.69, 9.17) is 11.6 Å². The zero-order chi connectivity index (χ0) is 20.9. The molecule has 9 nitrogen and oxygen atoms in total. The minimum atomic E-state index is -3.78. The van der Waals surface area contributed by atoms with Crippen molar-refractivity contribution in [2.45, 2.75) is 6.92 Å². The Balaban J connectivity index is 2.17. The maximum atomic E-state index is 12.2. The summed E-state index contributed by atoms with van der Waals surface area (Å²) in [5.41, 5.74) is 3.07. The number of hydrogen-bond acceptors (Lipinski definition) is 6. The van der Waals surface area contributed by atoms with E-state index in [0.717, 1.165) is 10.6 Å². The van der Waals surface area contributed by atoms with Crippen molar-refractivity contribution in [1.29, 1.82) is 0 Å². The molecule has 0 aliphatic carbocycles. The van der Waals surface area contributed by atoms with Gasteiger partial charge in [-0.05, 0) is 19.1 Å². The summed E-state index contributed by atoms with van der Waals surface area (Å²) in [6.07, 6.45) is 0.960. The number of hydrogen-bond donors (Lipinski definition) is 1. The van der Waals surface area contributed by atoms with Crippen molar-refractivity contribution in [2.75, 3.05) is 17.1 Å². The van der Waals surface area contributed by atoms with E-state index >= 15 is 0 Å². The monoisotopic (exact) mass is 424 g/mol. The molecule has 0 saturated carbocycles. The smallest absolute Gasteiger partial charge is 0.270 e. The standard InChI is InChI=1S/C17H17ClN4O5S/c1-12(13-6-5-7-14(10-13)22(24)25)19-20-17(23)11-21(28(2,26)27)16-9-4-3-8-15(16)18/h3-10H,11H2,1-2H3,(H,20,23). The van der Waals surface area contributed by atoms with Gasteiger partial charge in [0.1, 0.15) is 6.54 Å². The van der Waals surface area contributed by atoms with Gasteiger partial charge in [0, 0.05) is 17.7 Å². The minimum Gasteiger partial charge on any atom is -0.271 e. The molecule has 0 fully saturated rings. The molecule has 0 saturated heterocycles. The molecule has 0 bridgehead atoms. The third-order valence-corrected chi connectivity index (χ3v) is 5.08. The predicted molar refractivity (Wildman–Crippen MR) is 107 cm³/mol. The van der Waals surface area contributed by atoms with Crippen molar-refractivity contribution < 1.29 is 18.1 Å². The molecule has 0 atom stereocenters. The van der Waals surface area contributed by atoms with Crippen molar-refractivity contribution >= 4 is 44.6 Å². The summed E-state index contributed by atoms with van der Waals surface area (Å²) in [5, 5.41) is 14.9. The minimum absolute atomic E-state index is 0.111. The van der Waals surface area contributed by atoms with Gasteiger partial charge in [0.2, 0.25) is 10.0 Å². The first-order chi connectivity index (χ1) is 13.1. The number of halogens is 1. The number of nitro benzene ring substituents is 1. The molecule has 0 heterocycles. The van der Waals surface area contributed by atoms with Crippen LogP contribution in [0, 0.1) is 10.1 Å². The quantitative estimate of drug-likeness (QED) is 0.415. The van der Waals surface area contributed by atoms with Crippen LogP contribution in [0.3, 0.4) is 0 Å². The number of nitrogens with zero attached hydrogens (tertiary/aromatic N) is 3. The maximum Gasteiger partial charge on any atom is 0.270 e. The lowest BCUT2D eigenvalue weighted by Crippen LogP contribution is -2.39. The van der Waals surface area contributed by atoms with E-state index in [1.807, 2.05) is 0 Å². The molecule has 148 valence electrons. The normalized spacial score (nSPS) is 11.8. The number of benzene rings is 2. The van der Waals surface area contributed by atoms with Crippen molar-refractivity contribution in [1.82, 2.24) is 5.43 Å². The average molecular weight is 425 g/mol. The van der Waals surface area contributed by atoms with Gasteiger partial charge < -0.3 is 0 Å². The van der Waals surface area contributed by atoms with Crippen LogP contribution in [-0.2, 0) is 14.8 Å². The molecule has 1 amide bonds. The summed E-state index contributed by atoms with van der Waals surface area (Å²) in [6.45, 7) is 1.02. The summed E-state index contributed by atoms with van der Waals surface area (Å²) in [4.78, 5) is 22.5. The number of anilines is 1. The molecule has 2 aromatic rings. The highest BCUT2D eigenvalue weighted by Crippen LogP contribution is 2.26. The molecule has 0 radical (unpaired) electrons. The summed E-state index contributed by atoms with van der Waals surface area (Å²) < 4.78 is 25.0. The highest BCUT2D eigenvalue weighted by atomic mass is 35.5. The van der Waals surface area contributed by atoms with Crippen molar-refractivity contribution in [2.24, 2.45) is 5.10 Å². The largest absolute Gasteiger partial charge is 0.271 e. The Morgan fingerprint density at radius 2 is 1.93 bits per heavy atom. The summed E-state index contributed by atoms with van der Waals surface area (Å²) in [7, 11) is -3.78. The van der Waals surface area contributed by atoms with Crippen LogP contribution in [0.4, 0.5) is 11.4 Å². The Bertz CT molecular complexity index is 1040. The van der Waals surface area contributed by atoms with E-state index < -0.39 is 27.4 Å². The van der Waals surface area contributed by atoms with Crippen LogP contribution < -0.4 is 9.73 Å². The molecule has 2 aromatic carbocycles. The van der Waals surface area contributed by atoms with E-state index in [0.29, 0.717) is 11.3 Å². The molecule has 11 heteroatoms. The summed E-state index contributed by atoms with van der Waals surface area (Å²) in [6, 6.07) is 12.0. The number of sulfonamides is 1. The fraction of sp³-hybridized carbons (Fsp3) is 0.176. The van der Waals surface area contributed by atoms with Gasteiger partial charge in [0.05, 0.1) is 27.6 Å². The van der Waals surface area contributed by atoms with E-state index in [9.17, 15) is 23.3 Å². The van der Waals surface area contributed by atoms with Gasteiger partial charge in [-0.15, -0.1) is 0 Å². The van der Waals surface area contributed by atoms with E-state index in [1.54, 1.807) is 25.1 Å². The number of non-ortho nitro benzene ring substituents is 1. The van der Waals surface area contributed by atoms with Crippen molar-refractivity contribution in [3.8, 4) is 0 Å². The highest BCUT2D eigenvalue weighted by Gasteiger charge is 2.22. The van der Waals surface area contributed by atoms with Crippen LogP contribution >= 0.6 is 11.6 Å². The molecule has 0 spiro atoms. The number of nitro groups is 1. The lowest BCUT2D eigenvalue weighted by molar-refractivity contribution is -0.384. The Hall–Kier alpha value is -2.98. The number of amides is 1. The topological polar surface area (TPSA) is 122 Å². The number of carbonyl (C=O) groups is 1. The SMILES string of the molecule is CC(=NNC(=O)CN(c1ccccc1Cl)S(C)(=O)=O)c1cccc([N+](=O)[O-])c1. The van der Waals surface area contributed by atoms with Crippen LogP contribution in [0.25, 0.3) is 0 Å². The molecular formula is C17H17ClN4O5S. The molecule has 0 aliphatic rings. The molecule has 0 aromatic heterocycles. The Kier molecular flexibility index (Phi) is 6.71. The lowest BCUT2D eigenvalue weighted by atomic mass is 10.1. The summed E-state index contributed by atoms with van der Waals surface area (Å²) >= 11 is 6.04. The molecule has 0 aliphatic heterocycles. The molecule has 1 N–H and O–H groups in total. The second kappa shape index (κ2) is 8.81. The number of nitrogens with one attached hydrogen (secondary N) is 1. The van der Waals surface area contributed by atoms with Gasteiger partial charge in [-0.3, -0.25) is 19.2 Å². The van der Waals surface area contributed by atoms with Crippen LogP contribution in [0.5, 0.6) is 0 Å². The van der Waals surface area contributed by atoms with Crippen LogP contribution in [-0.4, -0.2) is 37.8 Å². The summed E-state index contributed by atoms with van der Waals surface area (Å²) in [5.74, 6) is -0.699. The van der Waals surface area contributed by atoms with Gasteiger partial charge in [0.15, 0.2) is 0 Å². The van der Waals surface area contributed by atoms with Crippen molar-refractivity contribution in [3.05, 3.63) is 69.2 Å². The first-order valence-electron chi connectivity index (χ1n) is 7.90. The van der Waals surface area contributed by atoms with Crippen LogP contribution in [0.1, 0.15) is 12.5 Å². The van der Waals surface area contributed by atoms with Gasteiger partial charge in [-0.2, -0.15) is 5.10 Å². The number of rotatable bonds is 7. The molecular weight excluding hydrogens is 408 g/mol. The number of para-hydroxylation sites is 1. The third-order valence-electron chi connectivity index (χ3n) is 3.63. The van der Waals surface area contributed by atoms with E-state index in [-0.39, 0.29) is 16.4 Å². The molecule has 2 rings (SSSR count).